The van der Waals surface area contributed by atoms with Gasteiger partial charge in [-0.3, -0.25) is 9.69 Å². The molecule has 5 heteroatoms. The minimum absolute atomic E-state index is 0.00120. The molecule has 0 radical (unpaired) electrons. The smallest absolute Gasteiger partial charge is 0.257 e. The SMILES string of the molecule is COc1ccc(Cl)cc1C(=O)N1CCN(C2Cc3ccccc3C2)CC1. The van der Waals surface area contributed by atoms with Crippen LogP contribution in [0.25, 0.3) is 0 Å². The summed E-state index contributed by atoms with van der Waals surface area (Å²) in [4.78, 5) is 17.3. The highest BCUT2D eigenvalue weighted by atomic mass is 35.5. The van der Waals surface area contributed by atoms with Crippen molar-refractivity contribution < 1.29 is 9.53 Å². The number of benzene rings is 2. The number of fused-ring (bicyclic) bond motifs is 1. The van der Waals surface area contributed by atoms with Gasteiger partial charge in [-0.1, -0.05) is 35.9 Å². The summed E-state index contributed by atoms with van der Waals surface area (Å²) in [6, 6.07) is 14.5. The molecular formula is C21H23ClN2O2. The molecule has 26 heavy (non-hydrogen) atoms. The van der Waals surface area contributed by atoms with E-state index in [1.165, 1.54) is 11.1 Å². The van der Waals surface area contributed by atoms with Gasteiger partial charge in [0.25, 0.3) is 5.91 Å². The minimum Gasteiger partial charge on any atom is -0.496 e. The summed E-state index contributed by atoms with van der Waals surface area (Å²) in [6.45, 7) is 3.29. The van der Waals surface area contributed by atoms with Crippen LogP contribution in [0.5, 0.6) is 5.75 Å². The van der Waals surface area contributed by atoms with E-state index in [1.807, 2.05) is 4.90 Å². The number of rotatable bonds is 3. The lowest BCUT2D eigenvalue weighted by atomic mass is 10.1. The fraction of sp³-hybridized carbons (Fsp3) is 0.381. The van der Waals surface area contributed by atoms with Crippen molar-refractivity contribution in [3.05, 3.63) is 64.2 Å². The van der Waals surface area contributed by atoms with E-state index in [1.54, 1.807) is 25.3 Å². The quantitative estimate of drug-likeness (QED) is 0.831. The molecule has 0 bridgehead atoms. The number of hydrogen-bond acceptors (Lipinski definition) is 3. The summed E-state index contributed by atoms with van der Waals surface area (Å²) < 4.78 is 5.33. The summed E-state index contributed by atoms with van der Waals surface area (Å²) in [7, 11) is 1.58. The Balaban J connectivity index is 1.40. The van der Waals surface area contributed by atoms with Crippen LogP contribution in [0, 0.1) is 0 Å². The molecule has 0 aromatic heterocycles. The summed E-state index contributed by atoms with van der Waals surface area (Å²) in [5.41, 5.74) is 3.49. The Morgan fingerprint density at radius 3 is 2.31 bits per heavy atom. The first-order chi connectivity index (χ1) is 12.7. The van der Waals surface area contributed by atoms with Gasteiger partial charge in [0, 0.05) is 37.2 Å². The highest BCUT2D eigenvalue weighted by Gasteiger charge is 2.31. The lowest BCUT2D eigenvalue weighted by Crippen LogP contribution is -2.52. The zero-order valence-electron chi connectivity index (χ0n) is 15.0. The van der Waals surface area contributed by atoms with Crippen LogP contribution in [0.4, 0.5) is 0 Å². The Kier molecular flexibility index (Phi) is 4.88. The molecule has 0 unspecified atom stereocenters. The molecule has 0 spiro atoms. The third-order valence-corrected chi connectivity index (χ3v) is 5.77. The van der Waals surface area contributed by atoms with Crippen LogP contribution in [0.3, 0.4) is 0 Å². The number of piperazine rings is 1. The van der Waals surface area contributed by atoms with Gasteiger partial charge in [-0.2, -0.15) is 0 Å². The van der Waals surface area contributed by atoms with Crippen molar-refractivity contribution in [2.45, 2.75) is 18.9 Å². The fourth-order valence-corrected chi connectivity index (χ4v) is 4.27. The van der Waals surface area contributed by atoms with Crippen molar-refractivity contribution in [3.8, 4) is 5.75 Å². The van der Waals surface area contributed by atoms with Crippen molar-refractivity contribution >= 4 is 17.5 Å². The summed E-state index contributed by atoms with van der Waals surface area (Å²) >= 11 is 6.08. The Morgan fingerprint density at radius 1 is 1.04 bits per heavy atom. The van der Waals surface area contributed by atoms with E-state index < -0.39 is 0 Å². The Bertz CT molecular complexity index is 790. The molecule has 0 N–H and O–H groups in total. The van der Waals surface area contributed by atoms with E-state index in [-0.39, 0.29) is 5.91 Å². The number of hydrogen-bond donors (Lipinski definition) is 0. The first kappa shape index (κ1) is 17.4. The van der Waals surface area contributed by atoms with Gasteiger partial charge in [-0.15, -0.1) is 0 Å². The Morgan fingerprint density at radius 2 is 1.69 bits per heavy atom. The van der Waals surface area contributed by atoms with Gasteiger partial charge < -0.3 is 9.64 Å². The standard InChI is InChI=1S/C21H23ClN2O2/c1-26-20-7-6-17(22)14-19(20)21(25)24-10-8-23(9-11-24)18-12-15-4-2-3-5-16(15)13-18/h2-7,14,18H,8-13H2,1H3. The van der Waals surface area contributed by atoms with Crippen molar-refractivity contribution in [1.29, 1.82) is 0 Å². The van der Waals surface area contributed by atoms with Crippen LogP contribution >= 0.6 is 11.6 Å². The average Bonchev–Trinajstić information content (AvgIpc) is 3.12. The number of halogens is 1. The molecule has 1 saturated heterocycles. The summed E-state index contributed by atoms with van der Waals surface area (Å²) in [6.07, 6.45) is 2.23. The second-order valence-corrected chi connectivity index (χ2v) is 7.44. The van der Waals surface area contributed by atoms with Crippen LogP contribution in [0.15, 0.2) is 42.5 Å². The predicted molar refractivity (Wildman–Crippen MR) is 103 cm³/mol. The molecule has 0 saturated carbocycles. The molecule has 1 aliphatic carbocycles. The van der Waals surface area contributed by atoms with E-state index >= 15 is 0 Å². The lowest BCUT2D eigenvalue weighted by molar-refractivity contribution is 0.0573. The molecule has 1 heterocycles. The Labute approximate surface area is 159 Å². The molecule has 2 aromatic rings. The molecule has 1 amide bonds. The normalized spacial score (nSPS) is 18.0. The third kappa shape index (κ3) is 3.31. The van der Waals surface area contributed by atoms with Gasteiger partial charge in [0.15, 0.2) is 0 Å². The number of nitrogens with zero attached hydrogens (tertiary/aromatic N) is 2. The summed E-state index contributed by atoms with van der Waals surface area (Å²) in [5, 5.41) is 0.552. The molecule has 2 aliphatic rings. The topological polar surface area (TPSA) is 32.8 Å². The maximum atomic E-state index is 12.9. The zero-order chi connectivity index (χ0) is 18.1. The van der Waals surface area contributed by atoms with Gasteiger partial charge in [0.1, 0.15) is 5.75 Å². The molecule has 4 nitrogen and oxygen atoms in total. The molecular weight excluding hydrogens is 348 g/mol. The van der Waals surface area contributed by atoms with Crippen molar-refractivity contribution in [2.24, 2.45) is 0 Å². The molecule has 4 rings (SSSR count). The van der Waals surface area contributed by atoms with Gasteiger partial charge in [0.2, 0.25) is 0 Å². The molecule has 2 aromatic carbocycles. The second kappa shape index (κ2) is 7.29. The van der Waals surface area contributed by atoms with E-state index in [0.29, 0.717) is 22.4 Å². The number of carbonyl (C=O) groups is 1. The van der Waals surface area contributed by atoms with Crippen LogP contribution in [-0.2, 0) is 12.8 Å². The van der Waals surface area contributed by atoms with Crippen LogP contribution in [0.1, 0.15) is 21.5 Å². The maximum absolute atomic E-state index is 12.9. The largest absolute Gasteiger partial charge is 0.496 e. The predicted octanol–water partition coefficient (Wildman–Crippen LogP) is 3.27. The van der Waals surface area contributed by atoms with E-state index in [4.69, 9.17) is 16.3 Å². The molecule has 1 fully saturated rings. The van der Waals surface area contributed by atoms with Crippen molar-refractivity contribution in [3.63, 3.8) is 0 Å². The van der Waals surface area contributed by atoms with Crippen LogP contribution in [-0.4, -0.2) is 55.0 Å². The zero-order valence-corrected chi connectivity index (χ0v) is 15.7. The van der Waals surface area contributed by atoms with Crippen LogP contribution < -0.4 is 4.74 Å². The second-order valence-electron chi connectivity index (χ2n) is 7.00. The van der Waals surface area contributed by atoms with Crippen LogP contribution in [0.2, 0.25) is 5.02 Å². The van der Waals surface area contributed by atoms with E-state index in [9.17, 15) is 4.79 Å². The highest BCUT2D eigenvalue weighted by molar-refractivity contribution is 6.31. The van der Waals surface area contributed by atoms with Gasteiger partial charge in [-0.25, -0.2) is 0 Å². The monoisotopic (exact) mass is 370 g/mol. The number of ether oxygens (including phenoxy) is 1. The third-order valence-electron chi connectivity index (χ3n) is 5.54. The maximum Gasteiger partial charge on any atom is 0.257 e. The lowest BCUT2D eigenvalue weighted by Gasteiger charge is -2.38. The van der Waals surface area contributed by atoms with Gasteiger partial charge >= 0.3 is 0 Å². The Hall–Kier alpha value is -2.04. The van der Waals surface area contributed by atoms with Gasteiger partial charge in [-0.05, 0) is 42.2 Å². The molecule has 136 valence electrons. The minimum atomic E-state index is -0.00120. The average molecular weight is 371 g/mol. The first-order valence-electron chi connectivity index (χ1n) is 9.09. The van der Waals surface area contributed by atoms with Crippen molar-refractivity contribution in [1.82, 2.24) is 9.80 Å². The number of methoxy groups -OCH3 is 1. The van der Waals surface area contributed by atoms with E-state index in [2.05, 4.69) is 29.2 Å². The van der Waals surface area contributed by atoms with Gasteiger partial charge in [0.05, 0.1) is 12.7 Å². The first-order valence-corrected chi connectivity index (χ1v) is 9.47. The number of carbonyl (C=O) groups excluding carboxylic acids is 1. The fourth-order valence-electron chi connectivity index (χ4n) is 4.10. The van der Waals surface area contributed by atoms with E-state index in [0.717, 1.165) is 39.0 Å². The molecule has 0 atom stereocenters. The highest BCUT2D eigenvalue weighted by Crippen LogP contribution is 2.27. The van der Waals surface area contributed by atoms with Crippen molar-refractivity contribution in [2.75, 3.05) is 33.3 Å². The molecule has 1 aliphatic heterocycles. The summed E-state index contributed by atoms with van der Waals surface area (Å²) in [5.74, 6) is 0.576. The number of amides is 1.